The maximum atomic E-state index is 9.33. The molecule has 0 saturated heterocycles. The fourth-order valence-corrected chi connectivity index (χ4v) is 1.93. The number of halogens is 1. The van der Waals surface area contributed by atoms with Crippen LogP contribution in [0.25, 0.3) is 11.6 Å². The van der Waals surface area contributed by atoms with Crippen molar-refractivity contribution in [2.75, 3.05) is 6.61 Å². The molecule has 0 unspecified atom stereocenters. The third-order valence-electron chi connectivity index (χ3n) is 2.79. The first-order valence-corrected chi connectivity index (χ1v) is 6.59. The lowest BCUT2D eigenvalue weighted by molar-refractivity contribution is 0.367. The van der Waals surface area contributed by atoms with Crippen molar-refractivity contribution in [2.45, 2.75) is 0 Å². The Hall–Kier alpha value is -2.75. The summed E-state index contributed by atoms with van der Waals surface area (Å²) in [6.45, 7) is -0.0340. The third-order valence-corrected chi connectivity index (χ3v) is 3.04. The quantitative estimate of drug-likeness (QED) is 0.624. The Morgan fingerprint density at radius 2 is 1.81 bits per heavy atom. The summed E-state index contributed by atoms with van der Waals surface area (Å²) in [5.41, 5.74) is 2.02. The normalized spacial score (nSPS) is 10.5. The summed E-state index contributed by atoms with van der Waals surface area (Å²) < 4.78 is 5.35. The van der Waals surface area contributed by atoms with Crippen LogP contribution < -0.4 is 4.74 Å². The van der Waals surface area contributed by atoms with E-state index in [1.807, 2.05) is 24.3 Å². The van der Waals surface area contributed by atoms with E-state index in [0.717, 1.165) is 11.1 Å². The SMILES string of the molecule is N#CCOc1ccccc1/C=C(/C#N)c1ccc(Cl)cc1. The van der Waals surface area contributed by atoms with Crippen LogP contribution in [0.4, 0.5) is 0 Å². The highest BCUT2D eigenvalue weighted by Crippen LogP contribution is 2.25. The van der Waals surface area contributed by atoms with E-state index in [0.29, 0.717) is 16.3 Å². The number of hydrogen-bond donors (Lipinski definition) is 0. The topological polar surface area (TPSA) is 56.8 Å². The minimum Gasteiger partial charge on any atom is -0.478 e. The molecule has 2 aromatic rings. The first-order valence-electron chi connectivity index (χ1n) is 6.21. The number of para-hydroxylation sites is 1. The summed E-state index contributed by atoms with van der Waals surface area (Å²) in [7, 11) is 0. The van der Waals surface area contributed by atoms with Crippen LogP contribution in [-0.2, 0) is 0 Å². The molecule has 0 aliphatic rings. The lowest BCUT2D eigenvalue weighted by Gasteiger charge is -2.06. The molecule has 2 aromatic carbocycles. The predicted octanol–water partition coefficient (Wildman–Crippen LogP) is 4.31. The molecule has 0 atom stereocenters. The zero-order valence-electron chi connectivity index (χ0n) is 11.1. The highest BCUT2D eigenvalue weighted by atomic mass is 35.5. The van der Waals surface area contributed by atoms with E-state index in [-0.39, 0.29) is 6.61 Å². The average Bonchev–Trinajstić information content (AvgIpc) is 2.52. The van der Waals surface area contributed by atoms with E-state index in [1.54, 1.807) is 36.4 Å². The van der Waals surface area contributed by atoms with Crippen LogP contribution in [0.15, 0.2) is 48.5 Å². The Balaban J connectivity index is 2.39. The second kappa shape index (κ2) is 7.14. The summed E-state index contributed by atoms with van der Waals surface area (Å²) in [5.74, 6) is 0.570. The van der Waals surface area contributed by atoms with Crippen molar-refractivity contribution in [2.24, 2.45) is 0 Å². The number of hydrogen-bond acceptors (Lipinski definition) is 3. The summed E-state index contributed by atoms with van der Waals surface area (Å²) in [4.78, 5) is 0. The first kappa shape index (κ1) is 14.7. The van der Waals surface area contributed by atoms with Gasteiger partial charge in [-0.1, -0.05) is 41.9 Å². The van der Waals surface area contributed by atoms with E-state index in [2.05, 4.69) is 6.07 Å². The van der Waals surface area contributed by atoms with Gasteiger partial charge in [-0.15, -0.1) is 0 Å². The van der Waals surface area contributed by atoms with E-state index in [9.17, 15) is 5.26 Å². The van der Waals surface area contributed by atoms with Gasteiger partial charge < -0.3 is 4.74 Å². The first-order chi connectivity index (χ1) is 10.2. The maximum absolute atomic E-state index is 9.33. The molecule has 2 rings (SSSR count). The summed E-state index contributed by atoms with van der Waals surface area (Å²) >= 11 is 5.85. The van der Waals surface area contributed by atoms with E-state index in [1.165, 1.54) is 0 Å². The minimum atomic E-state index is -0.0340. The van der Waals surface area contributed by atoms with Crippen molar-refractivity contribution < 1.29 is 4.74 Å². The van der Waals surface area contributed by atoms with Gasteiger partial charge in [0.15, 0.2) is 6.61 Å². The van der Waals surface area contributed by atoms with Gasteiger partial charge >= 0.3 is 0 Å². The second-order valence-corrected chi connectivity index (χ2v) is 4.60. The van der Waals surface area contributed by atoms with Crippen molar-refractivity contribution >= 4 is 23.3 Å². The average molecular weight is 295 g/mol. The number of nitriles is 2. The monoisotopic (exact) mass is 294 g/mol. The lowest BCUT2D eigenvalue weighted by Crippen LogP contribution is -1.95. The number of benzene rings is 2. The highest BCUT2D eigenvalue weighted by Gasteiger charge is 2.05. The highest BCUT2D eigenvalue weighted by molar-refractivity contribution is 6.30. The maximum Gasteiger partial charge on any atom is 0.174 e. The molecule has 0 N–H and O–H groups in total. The second-order valence-electron chi connectivity index (χ2n) is 4.16. The van der Waals surface area contributed by atoms with Gasteiger partial charge in [-0.25, -0.2) is 0 Å². The Bertz CT molecular complexity index is 737. The zero-order chi connectivity index (χ0) is 15.1. The summed E-state index contributed by atoms with van der Waals surface area (Å²) in [5, 5.41) is 18.5. The fraction of sp³-hybridized carbons (Fsp3) is 0.0588. The van der Waals surface area contributed by atoms with Gasteiger partial charge in [0.2, 0.25) is 0 Å². The fourth-order valence-electron chi connectivity index (χ4n) is 1.81. The number of allylic oxidation sites excluding steroid dienone is 1. The summed E-state index contributed by atoms with van der Waals surface area (Å²) in [6.07, 6.45) is 1.73. The molecule has 102 valence electrons. The van der Waals surface area contributed by atoms with Gasteiger partial charge in [0.25, 0.3) is 0 Å². The van der Waals surface area contributed by atoms with Crippen LogP contribution in [0, 0.1) is 22.7 Å². The van der Waals surface area contributed by atoms with Crippen LogP contribution in [0.2, 0.25) is 5.02 Å². The van der Waals surface area contributed by atoms with E-state index in [4.69, 9.17) is 21.6 Å². The Kier molecular flexibility index (Phi) is 4.99. The van der Waals surface area contributed by atoms with Crippen LogP contribution in [0.1, 0.15) is 11.1 Å². The van der Waals surface area contributed by atoms with Crippen LogP contribution in [0.3, 0.4) is 0 Å². The molecule has 0 fully saturated rings. The summed E-state index contributed by atoms with van der Waals surface area (Å²) in [6, 6.07) is 18.4. The third kappa shape index (κ3) is 3.86. The van der Waals surface area contributed by atoms with Crippen LogP contribution in [-0.4, -0.2) is 6.61 Å². The molecule has 3 nitrogen and oxygen atoms in total. The molecule has 0 spiro atoms. The van der Waals surface area contributed by atoms with Crippen LogP contribution >= 0.6 is 11.6 Å². The zero-order valence-corrected chi connectivity index (χ0v) is 11.8. The molecule has 0 aromatic heterocycles. The predicted molar refractivity (Wildman–Crippen MR) is 82.5 cm³/mol. The van der Waals surface area contributed by atoms with Crippen molar-refractivity contribution in [3.05, 3.63) is 64.7 Å². The van der Waals surface area contributed by atoms with E-state index < -0.39 is 0 Å². The Morgan fingerprint density at radius 3 is 2.48 bits per heavy atom. The minimum absolute atomic E-state index is 0.0340. The number of ether oxygens (including phenoxy) is 1. The number of nitrogens with zero attached hydrogens (tertiary/aromatic N) is 2. The molecule has 0 aliphatic carbocycles. The van der Waals surface area contributed by atoms with Gasteiger partial charge in [-0.2, -0.15) is 10.5 Å². The molecular weight excluding hydrogens is 284 g/mol. The molecular formula is C17H11ClN2O. The molecule has 0 saturated carbocycles. The van der Waals surface area contributed by atoms with Crippen molar-refractivity contribution in [1.82, 2.24) is 0 Å². The van der Waals surface area contributed by atoms with Crippen molar-refractivity contribution in [3.8, 4) is 17.9 Å². The smallest absolute Gasteiger partial charge is 0.174 e. The molecule has 0 bridgehead atoms. The van der Waals surface area contributed by atoms with Crippen LogP contribution in [0.5, 0.6) is 5.75 Å². The molecule has 0 aliphatic heterocycles. The molecule has 21 heavy (non-hydrogen) atoms. The number of rotatable bonds is 4. The van der Waals surface area contributed by atoms with Gasteiger partial charge in [0.1, 0.15) is 11.8 Å². The van der Waals surface area contributed by atoms with E-state index >= 15 is 0 Å². The largest absolute Gasteiger partial charge is 0.478 e. The van der Waals surface area contributed by atoms with Gasteiger partial charge in [0.05, 0.1) is 11.6 Å². The Labute approximate surface area is 128 Å². The molecule has 0 amide bonds. The molecule has 0 heterocycles. The van der Waals surface area contributed by atoms with Gasteiger partial charge in [0, 0.05) is 10.6 Å². The lowest BCUT2D eigenvalue weighted by atomic mass is 10.0. The van der Waals surface area contributed by atoms with Gasteiger partial charge in [-0.05, 0) is 29.8 Å². The van der Waals surface area contributed by atoms with Crippen molar-refractivity contribution in [1.29, 1.82) is 10.5 Å². The Morgan fingerprint density at radius 1 is 1.10 bits per heavy atom. The molecule has 4 heteroatoms. The van der Waals surface area contributed by atoms with Crippen molar-refractivity contribution in [3.63, 3.8) is 0 Å². The molecule has 0 radical (unpaired) electrons. The standard InChI is InChI=1S/C17H11ClN2O/c18-16-7-5-13(6-8-16)15(12-20)11-14-3-1-2-4-17(14)21-10-9-19/h1-8,11H,10H2/b15-11-. The van der Waals surface area contributed by atoms with Gasteiger partial charge in [-0.3, -0.25) is 0 Å².